The van der Waals surface area contributed by atoms with Gasteiger partial charge in [0.2, 0.25) is 5.78 Å². The van der Waals surface area contributed by atoms with Gasteiger partial charge in [-0.1, -0.05) is 48.5 Å². The summed E-state index contributed by atoms with van der Waals surface area (Å²) in [5.41, 5.74) is 3.74. The molecule has 4 aromatic rings. The van der Waals surface area contributed by atoms with Gasteiger partial charge in [-0.25, -0.2) is 0 Å². The highest BCUT2D eigenvalue weighted by atomic mass is 16.5. The van der Waals surface area contributed by atoms with Crippen LogP contribution in [0.2, 0.25) is 0 Å². The first kappa shape index (κ1) is 20.4. The summed E-state index contributed by atoms with van der Waals surface area (Å²) >= 11 is 0. The van der Waals surface area contributed by atoms with Crippen molar-refractivity contribution in [1.82, 2.24) is 4.98 Å². The van der Waals surface area contributed by atoms with E-state index in [1.807, 2.05) is 54.6 Å². The molecule has 5 nitrogen and oxygen atoms in total. The molecule has 0 bridgehead atoms. The number of hydrogen-bond donors (Lipinski definition) is 2. The van der Waals surface area contributed by atoms with Crippen LogP contribution in [0.3, 0.4) is 0 Å². The van der Waals surface area contributed by atoms with Crippen LogP contribution in [-0.4, -0.2) is 21.8 Å². The maximum atomic E-state index is 13.1. The normalized spacial score (nSPS) is 10.8. The Morgan fingerprint density at radius 3 is 2.35 bits per heavy atom. The number of ether oxygens (including phenoxy) is 1. The van der Waals surface area contributed by atoms with Gasteiger partial charge >= 0.3 is 5.97 Å². The molecule has 3 aromatic carbocycles. The Bertz CT molecular complexity index is 1190. The standard InChI is InChI=1S/C26H23NO4/c28-20-15-13-19(14-16-20)26(30)25-22(21-9-4-5-11-23(21)27-25)10-6-12-24(29)31-17-18-7-2-1-3-8-18/h1-5,7-9,11,13-16,27-28H,6,10,12,17H2. The molecular formula is C26H23NO4. The van der Waals surface area contributed by atoms with Gasteiger partial charge < -0.3 is 14.8 Å². The van der Waals surface area contributed by atoms with Gasteiger partial charge in [0.1, 0.15) is 12.4 Å². The van der Waals surface area contributed by atoms with E-state index in [4.69, 9.17) is 4.74 Å². The first-order chi connectivity index (χ1) is 15.1. The molecule has 0 aliphatic rings. The number of aromatic nitrogens is 1. The molecule has 156 valence electrons. The van der Waals surface area contributed by atoms with Crippen LogP contribution >= 0.6 is 0 Å². The molecule has 4 rings (SSSR count). The number of nitrogens with one attached hydrogen (secondary N) is 1. The van der Waals surface area contributed by atoms with Crippen LogP contribution in [-0.2, 0) is 22.6 Å². The van der Waals surface area contributed by atoms with Crippen LogP contribution in [0.25, 0.3) is 10.9 Å². The quantitative estimate of drug-likeness (QED) is 0.308. The lowest BCUT2D eigenvalue weighted by Gasteiger charge is -2.07. The fourth-order valence-electron chi connectivity index (χ4n) is 3.63. The average molecular weight is 413 g/mol. The van der Waals surface area contributed by atoms with E-state index in [0.29, 0.717) is 24.1 Å². The van der Waals surface area contributed by atoms with E-state index in [1.165, 1.54) is 12.1 Å². The van der Waals surface area contributed by atoms with Crippen molar-refractivity contribution >= 4 is 22.7 Å². The molecule has 0 fully saturated rings. The third-order valence-electron chi connectivity index (χ3n) is 5.22. The molecule has 0 spiro atoms. The molecule has 0 saturated carbocycles. The number of phenolic OH excluding ortho intramolecular Hbond substituents is 1. The van der Waals surface area contributed by atoms with E-state index in [9.17, 15) is 14.7 Å². The molecule has 0 aliphatic carbocycles. The van der Waals surface area contributed by atoms with E-state index in [0.717, 1.165) is 22.0 Å². The van der Waals surface area contributed by atoms with Gasteiger partial charge in [-0.15, -0.1) is 0 Å². The van der Waals surface area contributed by atoms with Crippen LogP contribution in [0.4, 0.5) is 0 Å². The van der Waals surface area contributed by atoms with Crippen molar-refractivity contribution in [2.75, 3.05) is 0 Å². The van der Waals surface area contributed by atoms with E-state index < -0.39 is 0 Å². The summed E-state index contributed by atoms with van der Waals surface area (Å²) in [5, 5.41) is 10.5. The lowest BCUT2D eigenvalue weighted by molar-refractivity contribution is -0.145. The molecule has 0 unspecified atom stereocenters. The summed E-state index contributed by atoms with van der Waals surface area (Å²) < 4.78 is 5.36. The molecular weight excluding hydrogens is 390 g/mol. The minimum atomic E-state index is -0.255. The zero-order valence-electron chi connectivity index (χ0n) is 17.0. The zero-order valence-corrected chi connectivity index (χ0v) is 17.0. The summed E-state index contributed by atoms with van der Waals surface area (Å²) in [7, 11) is 0. The Kier molecular flexibility index (Phi) is 6.13. The number of esters is 1. The Hall–Kier alpha value is -3.86. The van der Waals surface area contributed by atoms with E-state index in [2.05, 4.69) is 4.98 Å². The zero-order chi connectivity index (χ0) is 21.6. The lowest BCUT2D eigenvalue weighted by atomic mass is 9.99. The smallest absolute Gasteiger partial charge is 0.306 e. The number of carbonyl (C=O) groups excluding carboxylic acids is 2. The van der Waals surface area contributed by atoms with Gasteiger partial charge in [-0.2, -0.15) is 0 Å². The number of phenols is 1. The van der Waals surface area contributed by atoms with Gasteiger partial charge in [0.15, 0.2) is 0 Å². The number of ketones is 1. The van der Waals surface area contributed by atoms with Gasteiger partial charge in [-0.3, -0.25) is 9.59 Å². The number of carbonyl (C=O) groups is 2. The molecule has 2 N–H and O–H groups in total. The molecule has 0 amide bonds. The SMILES string of the molecule is O=C(CCCc1c(C(=O)c2ccc(O)cc2)[nH]c2ccccc12)OCc1ccccc1. The van der Waals surface area contributed by atoms with Crippen molar-refractivity contribution in [3.8, 4) is 5.75 Å². The Balaban J connectivity index is 1.46. The van der Waals surface area contributed by atoms with Gasteiger partial charge in [0.25, 0.3) is 0 Å². The number of rotatable bonds is 8. The molecule has 0 aliphatic heterocycles. The number of fused-ring (bicyclic) bond motifs is 1. The number of hydrogen-bond acceptors (Lipinski definition) is 4. The molecule has 0 radical (unpaired) electrons. The number of aromatic hydroxyl groups is 1. The van der Waals surface area contributed by atoms with Crippen molar-refractivity contribution in [2.24, 2.45) is 0 Å². The minimum absolute atomic E-state index is 0.113. The average Bonchev–Trinajstić information content (AvgIpc) is 3.17. The molecule has 1 aromatic heterocycles. The third kappa shape index (κ3) is 4.83. The summed E-state index contributed by atoms with van der Waals surface area (Å²) in [6.45, 7) is 0.261. The number of benzene rings is 3. The molecule has 0 saturated heterocycles. The van der Waals surface area contributed by atoms with Crippen molar-refractivity contribution in [1.29, 1.82) is 0 Å². The summed E-state index contributed by atoms with van der Waals surface area (Å²) in [4.78, 5) is 28.5. The number of aryl methyl sites for hydroxylation is 1. The van der Waals surface area contributed by atoms with E-state index in [-0.39, 0.29) is 30.5 Å². The fraction of sp³-hybridized carbons (Fsp3) is 0.154. The largest absolute Gasteiger partial charge is 0.508 e. The second kappa shape index (κ2) is 9.30. The van der Waals surface area contributed by atoms with E-state index in [1.54, 1.807) is 12.1 Å². The van der Waals surface area contributed by atoms with Crippen LogP contribution in [0.15, 0.2) is 78.9 Å². The van der Waals surface area contributed by atoms with E-state index >= 15 is 0 Å². The van der Waals surface area contributed by atoms with Crippen molar-refractivity contribution < 1.29 is 19.4 Å². The Morgan fingerprint density at radius 1 is 0.871 bits per heavy atom. The minimum Gasteiger partial charge on any atom is -0.508 e. The maximum absolute atomic E-state index is 13.1. The monoisotopic (exact) mass is 413 g/mol. The second-order valence-corrected chi connectivity index (χ2v) is 7.40. The molecule has 31 heavy (non-hydrogen) atoms. The van der Waals surface area contributed by atoms with Crippen LogP contribution in [0, 0.1) is 0 Å². The first-order valence-corrected chi connectivity index (χ1v) is 10.2. The molecule has 5 heteroatoms. The highest BCUT2D eigenvalue weighted by Gasteiger charge is 2.19. The predicted molar refractivity (Wildman–Crippen MR) is 119 cm³/mol. The first-order valence-electron chi connectivity index (χ1n) is 10.2. The summed E-state index contributed by atoms with van der Waals surface area (Å²) in [6.07, 6.45) is 1.42. The van der Waals surface area contributed by atoms with Crippen molar-refractivity contribution in [3.05, 3.63) is 101 Å². The van der Waals surface area contributed by atoms with Crippen molar-refractivity contribution in [3.63, 3.8) is 0 Å². The predicted octanol–water partition coefficient (Wildman–Crippen LogP) is 5.17. The molecule has 0 atom stereocenters. The number of aromatic amines is 1. The molecule has 1 heterocycles. The number of H-pyrrole nitrogens is 1. The highest BCUT2D eigenvalue weighted by Crippen LogP contribution is 2.26. The van der Waals surface area contributed by atoms with Gasteiger partial charge in [0, 0.05) is 22.9 Å². The Labute approximate surface area is 180 Å². The number of para-hydroxylation sites is 1. The lowest BCUT2D eigenvalue weighted by Crippen LogP contribution is -2.07. The fourth-order valence-corrected chi connectivity index (χ4v) is 3.63. The van der Waals surface area contributed by atoms with Gasteiger partial charge in [-0.05, 0) is 54.3 Å². The van der Waals surface area contributed by atoms with Crippen molar-refractivity contribution in [2.45, 2.75) is 25.9 Å². The summed E-state index contributed by atoms with van der Waals surface area (Å²) in [6, 6.07) is 23.5. The second-order valence-electron chi connectivity index (χ2n) is 7.40. The topological polar surface area (TPSA) is 79.4 Å². The van der Waals surface area contributed by atoms with Gasteiger partial charge in [0.05, 0.1) is 5.69 Å². The highest BCUT2D eigenvalue weighted by molar-refractivity contribution is 6.11. The Morgan fingerprint density at radius 2 is 1.58 bits per heavy atom. The third-order valence-corrected chi connectivity index (χ3v) is 5.22. The van der Waals surface area contributed by atoms with Crippen LogP contribution in [0.5, 0.6) is 5.75 Å². The maximum Gasteiger partial charge on any atom is 0.306 e. The summed E-state index contributed by atoms with van der Waals surface area (Å²) in [5.74, 6) is -0.282. The van der Waals surface area contributed by atoms with Crippen LogP contribution in [0.1, 0.15) is 40.0 Å². The van der Waals surface area contributed by atoms with Crippen LogP contribution < -0.4 is 0 Å².